The number of nitrogens with one attached hydrogen (secondary N) is 2. The van der Waals surface area contributed by atoms with Crippen LogP contribution in [-0.4, -0.2) is 27.9 Å². The Morgan fingerprint density at radius 3 is 2.43 bits per heavy atom. The minimum atomic E-state index is -1.25. The molecule has 1 aromatic heterocycles. The minimum absolute atomic E-state index is 0.214. The largest absolute Gasteiger partial charge is 0.419 e. The van der Waals surface area contributed by atoms with Gasteiger partial charge >= 0.3 is 11.9 Å². The van der Waals surface area contributed by atoms with E-state index < -0.39 is 17.7 Å². The average molecular weight is 313 g/mol. The van der Waals surface area contributed by atoms with Crippen molar-refractivity contribution in [2.24, 2.45) is 0 Å². The maximum atomic E-state index is 11.8. The highest BCUT2D eigenvalue weighted by Crippen LogP contribution is 2.23. The molecular formula is C16H15N3O4. The molecule has 1 aliphatic heterocycles. The van der Waals surface area contributed by atoms with Gasteiger partial charge in [-0.25, -0.2) is 9.59 Å². The fourth-order valence-corrected chi connectivity index (χ4v) is 2.09. The van der Waals surface area contributed by atoms with E-state index in [1.54, 1.807) is 6.07 Å². The molecule has 7 heteroatoms. The third kappa shape index (κ3) is 3.23. The van der Waals surface area contributed by atoms with Crippen molar-refractivity contribution < 1.29 is 19.1 Å². The van der Waals surface area contributed by atoms with E-state index in [-0.39, 0.29) is 5.57 Å². The van der Waals surface area contributed by atoms with E-state index in [0.29, 0.717) is 5.82 Å². The SMILES string of the molecule is CC1(C)OC(=O)C(=CNc2cc(-c3ccccc3)[nH]n2)C(=O)O1. The third-order valence-corrected chi connectivity index (χ3v) is 3.14. The van der Waals surface area contributed by atoms with Crippen LogP contribution in [0.15, 0.2) is 48.2 Å². The molecule has 1 aliphatic rings. The molecule has 1 saturated heterocycles. The van der Waals surface area contributed by atoms with Gasteiger partial charge in [-0.2, -0.15) is 5.10 Å². The zero-order chi connectivity index (χ0) is 16.4. The lowest BCUT2D eigenvalue weighted by atomic mass is 10.1. The summed E-state index contributed by atoms with van der Waals surface area (Å²) in [4.78, 5) is 23.6. The van der Waals surface area contributed by atoms with Gasteiger partial charge in [-0.15, -0.1) is 0 Å². The fraction of sp³-hybridized carbons (Fsp3) is 0.188. The smallest absolute Gasteiger partial charge is 0.350 e. The van der Waals surface area contributed by atoms with Crippen LogP contribution in [0.1, 0.15) is 13.8 Å². The number of carbonyl (C=O) groups excluding carboxylic acids is 2. The van der Waals surface area contributed by atoms with E-state index in [4.69, 9.17) is 9.47 Å². The van der Waals surface area contributed by atoms with E-state index in [9.17, 15) is 9.59 Å². The predicted octanol–water partition coefficient (Wildman–Crippen LogP) is 2.21. The first-order chi connectivity index (χ1) is 10.9. The van der Waals surface area contributed by atoms with Gasteiger partial charge in [-0.1, -0.05) is 30.3 Å². The summed E-state index contributed by atoms with van der Waals surface area (Å²) in [5.41, 5.74) is 1.56. The highest BCUT2D eigenvalue weighted by Gasteiger charge is 2.38. The van der Waals surface area contributed by atoms with Crippen molar-refractivity contribution in [3.8, 4) is 11.3 Å². The summed E-state index contributed by atoms with van der Waals surface area (Å²) < 4.78 is 10.0. The second-order valence-corrected chi connectivity index (χ2v) is 5.41. The Balaban J connectivity index is 1.75. The van der Waals surface area contributed by atoms with Crippen molar-refractivity contribution in [1.82, 2.24) is 10.2 Å². The number of nitrogens with zero attached hydrogens (tertiary/aromatic N) is 1. The molecular weight excluding hydrogens is 298 g/mol. The molecule has 2 heterocycles. The number of ether oxygens (including phenoxy) is 2. The van der Waals surface area contributed by atoms with Crippen molar-refractivity contribution in [2.75, 3.05) is 5.32 Å². The van der Waals surface area contributed by atoms with Crippen LogP contribution in [0.25, 0.3) is 11.3 Å². The number of carbonyl (C=O) groups is 2. The number of anilines is 1. The second-order valence-electron chi connectivity index (χ2n) is 5.41. The molecule has 23 heavy (non-hydrogen) atoms. The first-order valence-corrected chi connectivity index (χ1v) is 6.99. The van der Waals surface area contributed by atoms with Gasteiger partial charge in [0.15, 0.2) is 11.4 Å². The Labute approximate surface area is 132 Å². The highest BCUT2D eigenvalue weighted by molar-refractivity contribution is 6.15. The lowest BCUT2D eigenvalue weighted by molar-refractivity contribution is -0.222. The molecule has 0 radical (unpaired) electrons. The minimum Gasteiger partial charge on any atom is -0.419 e. The molecule has 1 fully saturated rings. The van der Waals surface area contributed by atoms with E-state index in [2.05, 4.69) is 15.5 Å². The van der Waals surface area contributed by atoms with E-state index in [0.717, 1.165) is 11.3 Å². The molecule has 2 aromatic rings. The molecule has 3 rings (SSSR count). The topological polar surface area (TPSA) is 93.3 Å². The van der Waals surface area contributed by atoms with Crippen molar-refractivity contribution in [1.29, 1.82) is 0 Å². The van der Waals surface area contributed by atoms with Crippen LogP contribution < -0.4 is 5.32 Å². The molecule has 0 atom stereocenters. The maximum absolute atomic E-state index is 11.8. The van der Waals surface area contributed by atoms with Gasteiger partial charge in [0, 0.05) is 26.1 Å². The normalized spacial score (nSPS) is 16.5. The van der Waals surface area contributed by atoms with Gasteiger partial charge in [0.1, 0.15) is 0 Å². The van der Waals surface area contributed by atoms with Crippen LogP contribution >= 0.6 is 0 Å². The van der Waals surface area contributed by atoms with E-state index in [1.165, 1.54) is 20.0 Å². The molecule has 7 nitrogen and oxygen atoms in total. The molecule has 0 unspecified atom stereocenters. The lowest BCUT2D eigenvalue weighted by Gasteiger charge is -2.29. The Bertz CT molecular complexity index is 756. The standard InChI is InChI=1S/C16H15N3O4/c1-16(2)22-14(20)11(15(21)23-16)9-17-13-8-12(18-19-13)10-6-4-3-5-7-10/h3-9H,1-2H3,(H2,17,18,19). The zero-order valence-electron chi connectivity index (χ0n) is 12.6. The quantitative estimate of drug-likeness (QED) is 0.512. The van der Waals surface area contributed by atoms with Crippen molar-refractivity contribution in [3.63, 3.8) is 0 Å². The van der Waals surface area contributed by atoms with Crippen LogP contribution in [0.2, 0.25) is 0 Å². The molecule has 1 aromatic carbocycles. The van der Waals surface area contributed by atoms with E-state index >= 15 is 0 Å². The molecule has 2 N–H and O–H groups in total. The Morgan fingerprint density at radius 2 is 1.78 bits per heavy atom. The average Bonchev–Trinajstić information content (AvgIpc) is 2.95. The lowest BCUT2D eigenvalue weighted by Crippen LogP contribution is -2.42. The molecule has 118 valence electrons. The monoisotopic (exact) mass is 313 g/mol. The van der Waals surface area contributed by atoms with Gasteiger partial charge < -0.3 is 14.8 Å². The molecule has 0 spiro atoms. The van der Waals surface area contributed by atoms with Crippen LogP contribution in [0.4, 0.5) is 5.82 Å². The number of cyclic esters (lactones) is 2. The molecule has 0 amide bonds. The summed E-state index contributed by atoms with van der Waals surface area (Å²) in [6.45, 7) is 2.99. The van der Waals surface area contributed by atoms with Crippen molar-refractivity contribution in [3.05, 3.63) is 48.2 Å². The van der Waals surface area contributed by atoms with Crippen LogP contribution in [0.5, 0.6) is 0 Å². The third-order valence-electron chi connectivity index (χ3n) is 3.14. The van der Waals surface area contributed by atoms with Gasteiger partial charge in [0.25, 0.3) is 5.79 Å². The van der Waals surface area contributed by atoms with Gasteiger partial charge in [0.05, 0.1) is 5.69 Å². The second kappa shape index (κ2) is 5.60. The number of aromatic nitrogens is 2. The number of hydrogen-bond acceptors (Lipinski definition) is 6. The summed E-state index contributed by atoms with van der Waals surface area (Å²) in [5, 5.41) is 9.73. The maximum Gasteiger partial charge on any atom is 0.350 e. The number of esters is 2. The molecule has 0 bridgehead atoms. The fourth-order valence-electron chi connectivity index (χ4n) is 2.09. The Hall–Kier alpha value is -3.09. The number of aromatic amines is 1. The number of hydrogen-bond donors (Lipinski definition) is 2. The predicted molar refractivity (Wildman–Crippen MR) is 82.0 cm³/mol. The van der Waals surface area contributed by atoms with Gasteiger partial charge in [0.2, 0.25) is 0 Å². The summed E-state index contributed by atoms with van der Waals surface area (Å²) in [6.07, 6.45) is 1.23. The first-order valence-electron chi connectivity index (χ1n) is 6.99. The number of benzene rings is 1. The van der Waals surface area contributed by atoms with E-state index in [1.807, 2.05) is 30.3 Å². The van der Waals surface area contributed by atoms with Crippen LogP contribution in [0, 0.1) is 0 Å². The molecule has 0 aliphatic carbocycles. The van der Waals surface area contributed by atoms with Crippen molar-refractivity contribution >= 4 is 17.8 Å². The summed E-state index contributed by atoms with van der Waals surface area (Å²) >= 11 is 0. The zero-order valence-corrected chi connectivity index (χ0v) is 12.6. The Morgan fingerprint density at radius 1 is 1.13 bits per heavy atom. The summed E-state index contributed by atoms with van der Waals surface area (Å²) in [6, 6.07) is 11.4. The van der Waals surface area contributed by atoms with Gasteiger partial charge in [-0.3, -0.25) is 5.10 Å². The summed E-state index contributed by atoms with van der Waals surface area (Å²) in [7, 11) is 0. The number of rotatable bonds is 3. The van der Waals surface area contributed by atoms with Gasteiger partial charge in [-0.05, 0) is 5.56 Å². The highest BCUT2D eigenvalue weighted by atomic mass is 16.7. The molecule has 0 saturated carbocycles. The number of H-pyrrole nitrogens is 1. The first kappa shape index (κ1) is 14.8. The Kier molecular flexibility index (Phi) is 3.61. The van der Waals surface area contributed by atoms with Crippen molar-refractivity contribution in [2.45, 2.75) is 19.6 Å². The van der Waals surface area contributed by atoms with Crippen LogP contribution in [-0.2, 0) is 19.1 Å². The van der Waals surface area contributed by atoms with Crippen LogP contribution in [0.3, 0.4) is 0 Å². The summed E-state index contributed by atoms with van der Waals surface area (Å²) in [5.74, 6) is -2.27.